The molecule has 4 atom stereocenters. The Kier molecular flexibility index (Phi) is 13.9. The second-order valence-electron chi connectivity index (χ2n) is 13.1. The number of nitrogens with zero attached hydrogens (tertiary/aromatic N) is 2. The van der Waals surface area contributed by atoms with Crippen LogP contribution in [0.15, 0.2) is 72.8 Å². The van der Waals surface area contributed by atoms with Crippen LogP contribution in [0.1, 0.15) is 61.5 Å². The molecule has 1 aliphatic rings. The minimum Gasteiger partial charge on any atom is -0.490 e. The average Bonchev–Trinajstić information content (AvgIpc) is 3.09. The second kappa shape index (κ2) is 18.0. The van der Waals surface area contributed by atoms with Crippen molar-refractivity contribution in [3.8, 4) is 5.75 Å². The Hall–Kier alpha value is -4.62. The molecular formula is C38H47F3N4O6. The predicted octanol–water partition coefficient (Wildman–Crippen LogP) is 6.85. The van der Waals surface area contributed by atoms with Gasteiger partial charge in [-0.2, -0.15) is 13.2 Å². The van der Waals surface area contributed by atoms with E-state index in [0.29, 0.717) is 30.9 Å². The maximum Gasteiger partial charge on any atom is 0.416 e. The van der Waals surface area contributed by atoms with E-state index in [2.05, 4.69) is 10.6 Å². The number of aliphatic hydroxyl groups is 1. The third kappa shape index (κ3) is 11.4. The summed E-state index contributed by atoms with van der Waals surface area (Å²) in [5.74, 6) is -0.622. The van der Waals surface area contributed by atoms with Crippen molar-refractivity contribution < 1.29 is 42.1 Å². The van der Waals surface area contributed by atoms with E-state index >= 15 is 0 Å². The minimum absolute atomic E-state index is 0.122. The molecule has 276 valence electrons. The number of fused-ring (bicyclic) bond motifs is 1. The quantitative estimate of drug-likeness (QED) is 0.235. The molecule has 4 amide bonds. The average molecular weight is 713 g/mol. The number of rotatable bonds is 8. The highest BCUT2D eigenvalue weighted by Gasteiger charge is 2.32. The number of carbonyl (C=O) groups is 3. The first-order chi connectivity index (χ1) is 24.2. The van der Waals surface area contributed by atoms with Crippen LogP contribution >= 0.6 is 0 Å². The number of alkyl halides is 3. The standard InChI is InChI=1S/C38H47F3N4O6/c1-25-22-45(26(2)24-46)36(48)32-21-31(42-35(47)20-28-11-6-5-7-12-28)17-18-33(32)51-27(3)10-8-9-19-50-34(25)23-44(4)37(49)43-30-15-13-29(14-16-30)38(39,40)41/h5-7,11-18,21,25-27,34,46H,8-10,19-20,22-24H2,1-4H3,(H,42,47)(H,43,49)/t25-,26-,27-,34-/m1/s1. The topological polar surface area (TPSA) is 120 Å². The number of hydrogen-bond donors (Lipinski definition) is 3. The minimum atomic E-state index is -4.49. The van der Waals surface area contributed by atoms with Gasteiger partial charge in [0.2, 0.25) is 5.91 Å². The number of halogens is 3. The number of ether oxygens (including phenoxy) is 2. The maximum absolute atomic E-state index is 14.4. The van der Waals surface area contributed by atoms with Crippen LogP contribution in [0.2, 0.25) is 0 Å². The lowest BCUT2D eigenvalue weighted by Gasteiger charge is -2.35. The van der Waals surface area contributed by atoms with Crippen LogP contribution in [0.25, 0.3) is 0 Å². The maximum atomic E-state index is 14.4. The summed E-state index contributed by atoms with van der Waals surface area (Å²) in [6.45, 7) is 5.88. The second-order valence-corrected chi connectivity index (χ2v) is 13.1. The fourth-order valence-electron chi connectivity index (χ4n) is 5.76. The van der Waals surface area contributed by atoms with E-state index in [4.69, 9.17) is 9.47 Å². The highest BCUT2D eigenvalue weighted by molar-refractivity contribution is 6.00. The Balaban J connectivity index is 1.55. The van der Waals surface area contributed by atoms with Crippen molar-refractivity contribution >= 4 is 29.2 Å². The van der Waals surface area contributed by atoms with Gasteiger partial charge in [0.1, 0.15) is 5.75 Å². The lowest BCUT2D eigenvalue weighted by atomic mass is 10.0. The van der Waals surface area contributed by atoms with Crippen LogP contribution in [0, 0.1) is 5.92 Å². The van der Waals surface area contributed by atoms with Gasteiger partial charge in [-0.25, -0.2) is 4.79 Å². The Bertz CT molecular complexity index is 1610. The van der Waals surface area contributed by atoms with Crippen LogP contribution in [0.5, 0.6) is 5.75 Å². The lowest BCUT2D eigenvalue weighted by Crippen LogP contribution is -2.48. The van der Waals surface area contributed by atoms with Gasteiger partial charge in [-0.1, -0.05) is 37.3 Å². The number of likely N-dealkylation sites (N-methyl/N-ethyl adjacent to an activating group) is 1. The van der Waals surface area contributed by atoms with Gasteiger partial charge in [0.15, 0.2) is 0 Å². The summed E-state index contributed by atoms with van der Waals surface area (Å²) in [7, 11) is 1.56. The molecule has 0 saturated heterocycles. The third-order valence-corrected chi connectivity index (χ3v) is 8.81. The monoisotopic (exact) mass is 712 g/mol. The van der Waals surface area contributed by atoms with Gasteiger partial charge in [0, 0.05) is 44.0 Å². The van der Waals surface area contributed by atoms with E-state index in [0.717, 1.165) is 24.1 Å². The van der Waals surface area contributed by atoms with Gasteiger partial charge in [-0.15, -0.1) is 0 Å². The van der Waals surface area contributed by atoms with Crippen molar-refractivity contribution in [2.24, 2.45) is 5.92 Å². The molecule has 0 aromatic heterocycles. The highest BCUT2D eigenvalue weighted by atomic mass is 19.4. The zero-order valence-electron chi connectivity index (χ0n) is 29.4. The Morgan fingerprint density at radius 3 is 2.35 bits per heavy atom. The van der Waals surface area contributed by atoms with Gasteiger partial charge in [-0.05, 0) is 81.1 Å². The number of carbonyl (C=O) groups excluding carboxylic acids is 3. The van der Waals surface area contributed by atoms with E-state index < -0.39 is 35.8 Å². The van der Waals surface area contributed by atoms with Crippen LogP contribution in [-0.4, -0.2) is 84.4 Å². The highest BCUT2D eigenvalue weighted by Crippen LogP contribution is 2.31. The van der Waals surface area contributed by atoms with Crippen LogP contribution in [0.3, 0.4) is 0 Å². The summed E-state index contributed by atoms with van der Waals surface area (Å²) in [6, 6.07) is 17.3. The molecule has 0 radical (unpaired) electrons. The van der Waals surface area contributed by atoms with Crippen molar-refractivity contribution in [3.05, 3.63) is 89.5 Å². The van der Waals surface area contributed by atoms with Gasteiger partial charge in [-0.3, -0.25) is 9.59 Å². The normalized spacial score (nSPS) is 19.6. The molecule has 0 aliphatic carbocycles. The molecule has 0 spiro atoms. The van der Waals surface area contributed by atoms with Crippen LogP contribution < -0.4 is 15.4 Å². The number of aliphatic hydroxyl groups excluding tert-OH is 1. The predicted molar refractivity (Wildman–Crippen MR) is 189 cm³/mol. The van der Waals surface area contributed by atoms with Crippen molar-refractivity contribution in [2.75, 3.05) is 44.0 Å². The number of benzene rings is 3. The van der Waals surface area contributed by atoms with E-state index in [-0.39, 0.29) is 55.3 Å². The Labute approximate surface area is 296 Å². The number of urea groups is 1. The molecule has 0 fully saturated rings. The van der Waals surface area contributed by atoms with Crippen molar-refractivity contribution in [1.29, 1.82) is 0 Å². The molecule has 0 unspecified atom stereocenters. The van der Waals surface area contributed by atoms with Gasteiger partial charge < -0.3 is 35.0 Å². The number of hydrogen-bond acceptors (Lipinski definition) is 6. The molecule has 1 heterocycles. The molecule has 51 heavy (non-hydrogen) atoms. The molecule has 3 aromatic carbocycles. The zero-order valence-corrected chi connectivity index (χ0v) is 29.4. The molecule has 4 rings (SSSR count). The SMILES string of the molecule is C[C@@H]1CCCCO[C@H](CN(C)C(=O)Nc2ccc(C(F)(F)F)cc2)[C@H](C)CN([C@H](C)CO)C(=O)c2cc(NC(=O)Cc3ccccc3)ccc2O1. The van der Waals surface area contributed by atoms with Crippen molar-refractivity contribution in [3.63, 3.8) is 0 Å². The van der Waals surface area contributed by atoms with Gasteiger partial charge in [0.25, 0.3) is 5.91 Å². The first-order valence-corrected chi connectivity index (χ1v) is 17.1. The first-order valence-electron chi connectivity index (χ1n) is 17.1. The molecular weight excluding hydrogens is 665 g/mol. The summed E-state index contributed by atoms with van der Waals surface area (Å²) in [5.41, 5.74) is 0.887. The Morgan fingerprint density at radius 1 is 1.00 bits per heavy atom. The summed E-state index contributed by atoms with van der Waals surface area (Å²) in [6.07, 6.45) is -2.94. The van der Waals surface area contributed by atoms with Gasteiger partial charge >= 0.3 is 12.2 Å². The zero-order chi connectivity index (χ0) is 37.1. The number of nitrogens with one attached hydrogen (secondary N) is 2. The van der Waals surface area contributed by atoms with Crippen molar-refractivity contribution in [1.82, 2.24) is 9.80 Å². The van der Waals surface area contributed by atoms with Crippen LogP contribution in [-0.2, 0) is 22.1 Å². The molecule has 3 N–H and O–H groups in total. The lowest BCUT2D eigenvalue weighted by molar-refractivity contribution is -0.137. The Morgan fingerprint density at radius 2 is 1.69 bits per heavy atom. The number of anilines is 2. The van der Waals surface area contributed by atoms with E-state index in [9.17, 15) is 32.7 Å². The van der Waals surface area contributed by atoms with E-state index in [1.54, 1.807) is 32.2 Å². The summed E-state index contributed by atoms with van der Waals surface area (Å²) in [4.78, 5) is 43.3. The fourth-order valence-corrected chi connectivity index (χ4v) is 5.76. The molecule has 0 bridgehead atoms. The van der Waals surface area contributed by atoms with Gasteiger partial charge in [0.05, 0.1) is 42.4 Å². The largest absolute Gasteiger partial charge is 0.490 e. The fraction of sp³-hybridized carbons (Fsp3) is 0.447. The first kappa shape index (κ1) is 39.2. The van der Waals surface area contributed by atoms with E-state index in [1.165, 1.54) is 21.9 Å². The van der Waals surface area contributed by atoms with Crippen molar-refractivity contribution in [2.45, 2.75) is 70.9 Å². The van der Waals surface area contributed by atoms with Crippen LogP contribution in [0.4, 0.5) is 29.3 Å². The third-order valence-electron chi connectivity index (χ3n) is 8.81. The molecule has 3 aromatic rings. The summed E-state index contributed by atoms with van der Waals surface area (Å²) in [5, 5.41) is 15.7. The summed E-state index contributed by atoms with van der Waals surface area (Å²) >= 11 is 0. The molecule has 13 heteroatoms. The molecule has 10 nitrogen and oxygen atoms in total. The molecule has 0 saturated carbocycles. The number of amides is 4. The smallest absolute Gasteiger partial charge is 0.416 e. The summed E-state index contributed by atoms with van der Waals surface area (Å²) < 4.78 is 51.5. The molecule has 1 aliphatic heterocycles. The van der Waals surface area contributed by atoms with E-state index in [1.807, 2.05) is 44.2 Å².